The Morgan fingerprint density at radius 2 is 2.00 bits per heavy atom. The molecular formula is C19H26N2O7S. The third-order valence-electron chi connectivity index (χ3n) is 4.50. The van der Waals surface area contributed by atoms with E-state index < -0.39 is 34.2 Å². The highest BCUT2D eigenvalue weighted by atomic mass is 32.2. The average Bonchev–Trinajstić information content (AvgIpc) is 3.04. The highest BCUT2D eigenvalue weighted by molar-refractivity contribution is 7.91. The summed E-state index contributed by atoms with van der Waals surface area (Å²) in [5, 5.41) is 0. The third-order valence-corrected chi connectivity index (χ3v) is 6.25. The Hall–Kier alpha value is -2.62. The lowest BCUT2D eigenvalue weighted by Crippen LogP contribution is -2.43. The second-order valence-electron chi connectivity index (χ2n) is 6.86. The van der Waals surface area contributed by atoms with E-state index in [1.54, 1.807) is 12.1 Å². The van der Waals surface area contributed by atoms with E-state index in [0.717, 1.165) is 12.8 Å². The van der Waals surface area contributed by atoms with Crippen molar-refractivity contribution in [1.82, 2.24) is 4.90 Å². The van der Waals surface area contributed by atoms with Crippen molar-refractivity contribution < 1.29 is 32.3 Å². The van der Waals surface area contributed by atoms with Gasteiger partial charge in [-0.25, -0.2) is 13.2 Å². The summed E-state index contributed by atoms with van der Waals surface area (Å²) in [7, 11) is -3.14. The second kappa shape index (κ2) is 10.2. The average molecular weight is 426 g/mol. The van der Waals surface area contributed by atoms with Crippen molar-refractivity contribution in [3.8, 4) is 5.75 Å². The number of rotatable bonds is 10. The fourth-order valence-corrected chi connectivity index (χ4v) is 4.75. The molecule has 1 aromatic carbocycles. The zero-order valence-corrected chi connectivity index (χ0v) is 17.2. The molecule has 1 heterocycles. The van der Waals surface area contributed by atoms with Crippen LogP contribution in [0.4, 0.5) is 0 Å². The number of carbonyl (C=O) groups excluding carboxylic acids is 3. The lowest BCUT2D eigenvalue weighted by atomic mass is 10.2. The van der Waals surface area contributed by atoms with Gasteiger partial charge in [0.1, 0.15) is 5.75 Å². The maximum Gasteiger partial charge on any atom is 0.338 e. The van der Waals surface area contributed by atoms with Gasteiger partial charge in [-0.15, -0.1) is 0 Å². The second-order valence-corrected chi connectivity index (χ2v) is 9.09. The summed E-state index contributed by atoms with van der Waals surface area (Å²) < 4.78 is 33.8. The van der Waals surface area contributed by atoms with Crippen LogP contribution in [0.3, 0.4) is 0 Å². The summed E-state index contributed by atoms with van der Waals surface area (Å²) in [5.74, 6) is -1.52. The molecule has 0 bridgehead atoms. The highest BCUT2D eigenvalue weighted by Gasteiger charge is 2.34. The van der Waals surface area contributed by atoms with Gasteiger partial charge in [-0.05, 0) is 31.0 Å². The van der Waals surface area contributed by atoms with E-state index in [9.17, 15) is 22.8 Å². The molecule has 1 atom stereocenters. The molecule has 1 saturated heterocycles. The summed E-state index contributed by atoms with van der Waals surface area (Å²) in [6.07, 6.45) is 1.97. The molecule has 0 aliphatic carbocycles. The zero-order chi connectivity index (χ0) is 21.4. The molecule has 1 aliphatic rings. The summed E-state index contributed by atoms with van der Waals surface area (Å²) in [5.41, 5.74) is 5.17. The van der Waals surface area contributed by atoms with E-state index in [2.05, 4.69) is 0 Å². The standard InChI is InChI=1S/C19H26N2O7S/c1-2-3-8-21(15-7-9-29(25,26)13-15)18(23)12-28-19(24)14-5-4-6-16(10-14)27-11-17(20)22/h4-6,10,15H,2-3,7-9,11-13H2,1H3,(H2,20,22). The van der Waals surface area contributed by atoms with Gasteiger partial charge in [0.2, 0.25) is 0 Å². The molecule has 0 radical (unpaired) electrons. The third kappa shape index (κ3) is 7.04. The zero-order valence-electron chi connectivity index (χ0n) is 16.3. The normalized spacial score (nSPS) is 17.5. The summed E-state index contributed by atoms with van der Waals surface area (Å²) in [6, 6.07) is 5.59. The molecule has 1 fully saturated rings. The molecule has 9 nitrogen and oxygen atoms in total. The van der Waals surface area contributed by atoms with Crippen molar-refractivity contribution in [2.24, 2.45) is 5.73 Å². The van der Waals surface area contributed by atoms with E-state index in [1.165, 1.54) is 17.0 Å². The van der Waals surface area contributed by atoms with Crippen LogP contribution in [0, 0.1) is 0 Å². The van der Waals surface area contributed by atoms with Crippen LogP contribution < -0.4 is 10.5 Å². The Morgan fingerprint density at radius 3 is 2.62 bits per heavy atom. The Kier molecular flexibility index (Phi) is 8.00. The minimum atomic E-state index is -3.14. The molecule has 0 saturated carbocycles. The van der Waals surface area contributed by atoms with E-state index in [1.807, 2.05) is 6.92 Å². The van der Waals surface area contributed by atoms with Gasteiger partial charge >= 0.3 is 5.97 Å². The van der Waals surface area contributed by atoms with E-state index >= 15 is 0 Å². The van der Waals surface area contributed by atoms with Crippen molar-refractivity contribution in [3.05, 3.63) is 29.8 Å². The first kappa shape index (κ1) is 22.7. The van der Waals surface area contributed by atoms with E-state index in [0.29, 0.717) is 13.0 Å². The van der Waals surface area contributed by atoms with Crippen LogP contribution in [0.2, 0.25) is 0 Å². The Balaban J connectivity index is 1.97. The number of hydrogen-bond donors (Lipinski definition) is 1. The van der Waals surface area contributed by atoms with Crippen molar-refractivity contribution in [2.75, 3.05) is 31.3 Å². The molecule has 0 spiro atoms. The van der Waals surface area contributed by atoms with Gasteiger partial charge in [-0.3, -0.25) is 9.59 Å². The molecule has 1 unspecified atom stereocenters. The van der Waals surface area contributed by atoms with Crippen LogP contribution in [0.15, 0.2) is 24.3 Å². The number of unbranched alkanes of at least 4 members (excludes halogenated alkanes) is 1. The Morgan fingerprint density at radius 1 is 1.24 bits per heavy atom. The van der Waals surface area contributed by atoms with Crippen LogP contribution in [0.5, 0.6) is 5.75 Å². The largest absolute Gasteiger partial charge is 0.484 e. The van der Waals surface area contributed by atoms with Crippen LogP contribution in [-0.4, -0.2) is 68.4 Å². The summed E-state index contributed by atoms with van der Waals surface area (Å²) in [4.78, 5) is 37.2. The maximum atomic E-state index is 12.6. The smallest absolute Gasteiger partial charge is 0.338 e. The van der Waals surface area contributed by atoms with Crippen molar-refractivity contribution in [1.29, 1.82) is 0 Å². The topological polar surface area (TPSA) is 133 Å². The first-order valence-electron chi connectivity index (χ1n) is 9.40. The van der Waals surface area contributed by atoms with Gasteiger partial charge in [0.15, 0.2) is 23.1 Å². The van der Waals surface area contributed by atoms with Crippen LogP contribution in [0.1, 0.15) is 36.5 Å². The number of amides is 2. The van der Waals surface area contributed by atoms with Gasteiger partial charge in [-0.1, -0.05) is 19.4 Å². The first-order chi connectivity index (χ1) is 13.7. The van der Waals surface area contributed by atoms with Crippen molar-refractivity contribution in [3.63, 3.8) is 0 Å². The van der Waals surface area contributed by atoms with Gasteiger partial charge in [-0.2, -0.15) is 0 Å². The SMILES string of the molecule is CCCCN(C(=O)COC(=O)c1cccc(OCC(N)=O)c1)C1CCS(=O)(=O)C1. The predicted octanol–water partition coefficient (Wildman–Crippen LogP) is 0.523. The molecule has 2 N–H and O–H groups in total. The van der Waals surface area contributed by atoms with Crippen LogP contribution in [0.25, 0.3) is 0 Å². The summed E-state index contributed by atoms with van der Waals surface area (Å²) in [6.45, 7) is 1.59. The maximum absolute atomic E-state index is 12.6. The predicted molar refractivity (Wildman–Crippen MR) is 105 cm³/mol. The molecular weight excluding hydrogens is 400 g/mol. The molecule has 2 rings (SSSR count). The number of nitrogens with two attached hydrogens (primary N) is 1. The highest BCUT2D eigenvalue weighted by Crippen LogP contribution is 2.19. The molecule has 10 heteroatoms. The van der Waals surface area contributed by atoms with Gasteiger partial charge in [0.05, 0.1) is 17.1 Å². The number of primary amides is 1. The van der Waals surface area contributed by atoms with E-state index in [-0.39, 0.29) is 35.5 Å². The van der Waals surface area contributed by atoms with Crippen LogP contribution >= 0.6 is 0 Å². The van der Waals surface area contributed by atoms with Gasteiger partial charge < -0.3 is 20.1 Å². The molecule has 1 aliphatic heterocycles. The number of benzene rings is 1. The quantitative estimate of drug-likeness (QED) is 0.539. The number of ether oxygens (including phenoxy) is 2. The molecule has 29 heavy (non-hydrogen) atoms. The fraction of sp³-hybridized carbons (Fsp3) is 0.526. The van der Waals surface area contributed by atoms with Gasteiger partial charge in [0.25, 0.3) is 11.8 Å². The van der Waals surface area contributed by atoms with Crippen molar-refractivity contribution >= 4 is 27.6 Å². The monoisotopic (exact) mass is 426 g/mol. The lowest BCUT2D eigenvalue weighted by Gasteiger charge is -2.28. The number of nitrogens with zero attached hydrogens (tertiary/aromatic N) is 1. The lowest BCUT2D eigenvalue weighted by molar-refractivity contribution is -0.136. The number of carbonyl (C=O) groups is 3. The minimum Gasteiger partial charge on any atom is -0.484 e. The first-order valence-corrected chi connectivity index (χ1v) is 11.2. The Labute approximate surface area is 170 Å². The van der Waals surface area contributed by atoms with Crippen LogP contribution in [-0.2, 0) is 24.2 Å². The Bertz CT molecular complexity index is 854. The molecule has 1 aromatic rings. The molecule has 160 valence electrons. The fourth-order valence-electron chi connectivity index (χ4n) is 3.02. The van der Waals surface area contributed by atoms with Crippen molar-refractivity contribution in [2.45, 2.75) is 32.2 Å². The number of hydrogen-bond acceptors (Lipinski definition) is 7. The number of sulfone groups is 1. The van der Waals surface area contributed by atoms with E-state index in [4.69, 9.17) is 15.2 Å². The molecule has 0 aromatic heterocycles. The summed E-state index contributed by atoms with van der Waals surface area (Å²) >= 11 is 0. The minimum absolute atomic E-state index is 0.0599. The van der Waals surface area contributed by atoms with Gasteiger partial charge in [0, 0.05) is 12.6 Å². The number of esters is 1. The molecule has 2 amide bonds.